The predicted molar refractivity (Wildman–Crippen MR) is 91.3 cm³/mol. The molecule has 0 aliphatic rings. The van der Waals surface area contributed by atoms with E-state index in [4.69, 9.17) is 4.42 Å². The van der Waals surface area contributed by atoms with Crippen LogP contribution >= 0.6 is 15.9 Å². The summed E-state index contributed by atoms with van der Waals surface area (Å²) in [6.45, 7) is 4.00. The van der Waals surface area contributed by atoms with Crippen molar-refractivity contribution in [1.82, 2.24) is 10.2 Å². The van der Waals surface area contributed by atoms with Gasteiger partial charge in [-0.3, -0.25) is 10.1 Å². The average molecular weight is 372 g/mol. The highest BCUT2D eigenvalue weighted by molar-refractivity contribution is 9.10. The van der Waals surface area contributed by atoms with Gasteiger partial charge < -0.3 is 4.42 Å². The number of halogens is 1. The normalized spacial score (nSPS) is 10.6. The van der Waals surface area contributed by atoms with E-state index in [1.165, 1.54) is 0 Å². The summed E-state index contributed by atoms with van der Waals surface area (Å²) in [5.41, 5.74) is 3.55. The fraction of sp³-hybridized carbons (Fsp3) is 0.118. The molecule has 5 nitrogen and oxygen atoms in total. The van der Waals surface area contributed by atoms with Gasteiger partial charge in [-0.2, -0.15) is 0 Å². The molecule has 0 saturated heterocycles. The quantitative estimate of drug-likeness (QED) is 0.742. The summed E-state index contributed by atoms with van der Waals surface area (Å²) in [7, 11) is 0. The lowest BCUT2D eigenvalue weighted by Gasteiger charge is -2.03. The molecule has 0 spiro atoms. The summed E-state index contributed by atoms with van der Waals surface area (Å²) in [4.78, 5) is 12.2. The van der Waals surface area contributed by atoms with E-state index in [1.54, 1.807) is 18.2 Å². The zero-order chi connectivity index (χ0) is 16.4. The molecule has 1 N–H and O–H groups in total. The van der Waals surface area contributed by atoms with Gasteiger partial charge in [-0.05, 0) is 53.5 Å². The van der Waals surface area contributed by atoms with Gasteiger partial charge in [0.25, 0.3) is 5.91 Å². The average Bonchev–Trinajstić information content (AvgIpc) is 2.95. The molecular formula is C17H14BrN3O2. The van der Waals surface area contributed by atoms with Crippen LogP contribution in [0.5, 0.6) is 0 Å². The minimum atomic E-state index is -0.312. The van der Waals surface area contributed by atoms with Crippen LogP contribution in [0.3, 0.4) is 0 Å². The summed E-state index contributed by atoms with van der Waals surface area (Å²) in [5.74, 6) is 0.0678. The zero-order valence-electron chi connectivity index (χ0n) is 12.6. The number of nitrogens with one attached hydrogen (secondary N) is 1. The van der Waals surface area contributed by atoms with Gasteiger partial charge in [0.2, 0.25) is 5.89 Å². The second kappa shape index (κ2) is 6.34. The monoisotopic (exact) mass is 371 g/mol. The standard InChI is InChI=1S/C17H14BrN3O2/c1-10-7-8-12(11(2)9-10)16-20-21-17(23-16)19-15(22)13-5-3-4-6-14(13)18/h3-9H,1-2H3,(H,19,21,22). The molecule has 1 aromatic heterocycles. The molecule has 0 radical (unpaired) electrons. The Bertz CT molecular complexity index is 874. The van der Waals surface area contributed by atoms with Crippen LogP contribution in [0.25, 0.3) is 11.5 Å². The van der Waals surface area contributed by atoms with Gasteiger partial charge in [0, 0.05) is 10.0 Å². The number of amides is 1. The Hall–Kier alpha value is -2.47. The SMILES string of the molecule is Cc1ccc(-c2nnc(NC(=O)c3ccccc3Br)o2)c(C)c1. The van der Waals surface area contributed by atoms with E-state index in [-0.39, 0.29) is 11.9 Å². The van der Waals surface area contributed by atoms with Crippen molar-refractivity contribution < 1.29 is 9.21 Å². The second-order valence-electron chi connectivity index (χ2n) is 5.16. The Morgan fingerprint density at radius 2 is 1.91 bits per heavy atom. The minimum Gasteiger partial charge on any atom is -0.403 e. The van der Waals surface area contributed by atoms with Gasteiger partial charge >= 0.3 is 6.01 Å². The lowest BCUT2D eigenvalue weighted by atomic mass is 10.1. The third kappa shape index (κ3) is 3.32. The molecule has 0 bridgehead atoms. The Morgan fingerprint density at radius 3 is 2.65 bits per heavy atom. The molecule has 0 fully saturated rings. The third-order valence-corrected chi connectivity index (χ3v) is 4.07. The summed E-state index contributed by atoms with van der Waals surface area (Å²) in [6.07, 6.45) is 0. The van der Waals surface area contributed by atoms with E-state index < -0.39 is 0 Å². The van der Waals surface area contributed by atoms with Crippen molar-refractivity contribution in [2.24, 2.45) is 0 Å². The number of carbonyl (C=O) groups excluding carboxylic acids is 1. The second-order valence-corrected chi connectivity index (χ2v) is 6.02. The Morgan fingerprint density at radius 1 is 1.13 bits per heavy atom. The fourth-order valence-corrected chi connectivity index (χ4v) is 2.71. The van der Waals surface area contributed by atoms with E-state index in [0.717, 1.165) is 16.7 Å². The smallest absolute Gasteiger partial charge is 0.322 e. The Balaban J connectivity index is 1.82. The van der Waals surface area contributed by atoms with Crippen LogP contribution < -0.4 is 5.32 Å². The summed E-state index contributed by atoms with van der Waals surface area (Å²) >= 11 is 3.34. The summed E-state index contributed by atoms with van der Waals surface area (Å²) in [5, 5.41) is 10.5. The number of aryl methyl sites for hydroxylation is 2. The molecule has 23 heavy (non-hydrogen) atoms. The number of carbonyl (C=O) groups is 1. The molecule has 0 atom stereocenters. The lowest BCUT2D eigenvalue weighted by molar-refractivity contribution is 0.102. The van der Waals surface area contributed by atoms with E-state index >= 15 is 0 Å². The number of hydrogen-bond donors (Lipinski definition) is 1. The molecule has 1 heterocycles. The van der Waals surface area contributed by atoms with Gasteiger partial charge in [-0.15, -0.1) is 5.10 Å². The number of aromatic nitrogens is 2. The highest BCUT2D eigenvalue weighted by Crippen LogP contribution is 2.25. The first-order valence-corrected chi connectivity index (χ1v) is 7.81. The van der Waals surface area contributed by atoms with Crippen LogP contribution in [0.1, 0.15) is 21.5 Å². The van der Waals surface area contributed by atoms with E-state index in [1.807, 2.05) is 38.1 Å². The minimum absolute atomic E-state index is 0.0701. The maximum atomic E-state index is 12.2. The van der Waals surface area contributed by atoms with Gasteiger partial charge in [0.1, 0.15) is 0 Å². The van der Waals surface area contributed by atoms with Gasteiger partial charge in [-0.25, -0.2) is 0 Å². The number of hydrogen-bond acceptors (Lipinski definition) is 4. The number of anilines is 1. The summed E-state index contributed by atoms with van der Waals surface area (Å²) < 4.78 is 6.25. The number of nitrogens with zero attached hydrogens (tertiary/aromatic N) is 2. The van der Waals surface area contributed by atoms with Crippen molar-refractivity contribution in [1.29, 1.82) is 0 Å². The van der Waals surface area contributed by atoms with Crippen LogP contribution in [-0.4, -0.2) is 16.1 Å². The predicted octanol–water partition coefficient (Wildman–Crippen LogP) is 4.37. The first-order valence-electron chi connectivity index (χ1n) is 7.01. The lowest BCUT2D eigenvalue weighted by Crippen LogP contribution is -2.12. The Kier molecular flexibility index (Phi) is 4.25. The summed E-state index contributed by atoms with van der Waals surface area (Å²) in [6, 6.07) is 13.1. The molecule has 116 valence electrons. The number of benzene rings is 2. The zero-order valence-corrected chi connectivity index (χ0v) is 14.2. The molecule has 2 aromatic carbocycles. The van der Waals surface area contributed by atoms with Crippen molar-refractivity contribution in [3.8, 4) is 11.5 Å². The van der Waals surface area contributed by atoms with Gasteiger partial charge in [-0.1, -0.05) is 34.9 Å². The third-order valence-electron chi connectivity index (χ3n) is 3.38. The van der Waals surface area contributed by atoms with Crippen LogP contribution in [-0.2, 0) is 0 Å². The molecule has 0 unspecified atom stereocenters. The van der Waals surface area contributed by atoms with Crippen LogP contribution in [0.4, 0.5) is 6.01 Å². The van der Waals surface area contributed by atoms with Crippen molar-refractivity contribution in [2.45, 2.75) is 13.8 Å². The van der Waals surface area contributed by atoms with Crippen LogP contribution in [0, 0.1) is 13.8 Å². The van der Waals surface area contributed by atoms with E-state index in [0.29, 0.717) is 15.9 Å². The van der Waals surface area contributed by atoms with Crippen molar-refractivity contribution in [2.75, 3.05) is 5.32 Å². The van der Waals surface area contributed by atoms with E-state index in [2.05, 4.69) is 31.4 Å². The van der Waals surface area contributed by atoms with Crippen molar-refractivity contribution >= 4 is 27.9 Å². The molecular weight excluding hydrogens is 358 g/mol. The van der Waals surface area contributed by atoms with E-state index in [9.17, 15) is 4.79 Å². The molecule has 0 aliphatic heterocycles. The topological polar surface area (TPSA) is 68.0 Å². The van der Waals surface area contributed by atoms with Crippen LogP contribution in [0.2, 0.25) is 0 Å². The van der Waals surface area contributed by atoms with Crippen molar-refractivity contribution in [3.63, 3.8) is 0 Å². The van der Waals surface area contributed by atoms with Crippen LogP contribution in [0.15, 0.2) is 51.4 Å². The Labute approximate surface area is 141 Å². The molecule has 6 heteroatoms. The maximum Gasteiger partial charge on any atom is 0.322 e. The fourth-order valence-electron chi connectivity index (χ4n) is 2.25. The molecule has 0 aliphatic carbocycles. The highest BCUT2D eigenvalue weighted by Gasteiger charge is 2.15. The maximum absolute atomic E-state index is 12.2. The molecule has 3 aromatic rings. The van der Waals surface area contributed by atoms with Gasteiger partial charge in [0.05, 0.1) is 5.56 Å². The first kappa shape index (κ1) is 15.4. The largest absolute Gasteiger partial charge is 0.403 e. The van der Waals surface area contributed by atoms with Crippen molar-refractivity contribution in [3.05, 3.63) is 63.6 Å². The molecule has 1 amide bonds. The highest BCUT2D eigenvalue weighted by atomic mass is 79.9. The molecule has 3 rings (SSSR count). The number of rotatable bonds is 3. The first-order chi connectivity index (χ1) is 11.0. The molecule has 0 saturated carbocycles. The van der Waals surface area contributed by atoms with Gasteiger partial charge in [0.15, 0.2) is 0 Å².